The van der Waals surface area contributed by atoms with Crippen molar-refractivity contribution in [2.45, 2.75) is 6.92 Å². The lowest BCUT2D eigenvalue weighted by Gasteiger charge is -2.08. The van der Waals surface area contributed by atoms with E-state index in [1.165, 1.54) is 0 Å². The third-order valence-corrected chi connectivity index (χ3v) is 3.32. The van der Waals surface area contributed by atoms with Crippen molar-refractivity contribution in [1.29, 1.82) is 0 Å². The van der Waals surface area contributed by atoms with Crippen LogP contribution in [0.2, 0.25) is 5.28 Å². The van der Waals surface area contributed by atoms with Crippen LogP contribution in [-0.4, -0.2) is 38.0 Å². The maximum Gasteiger partial charge on any atom is 0.226 e. The van der Waals surface area contributed by atoms with Crippen LogP contribution in [0.3, 0.4) is 0 Å². The van der Waals surface area contributed by atoms with E-state index in [9.17, 15) is 0 Å². The summed E-state index contributed by atoms with van der Waals surface area (Å²) in [5.41, 5.74) is 2.65. The van der Waals surface area contributed by atoms with Crippen molar-refractivity contribution in [2.75, 3.05) is 18.5 Å². The molecular weight excluding hydrogens is 290 g/mol. The van der Waals surface area contributed by atoms with Crippen LogP contribution in [-0.2, 0) is 0 Å². The summed E-state index contributed by atoms with van der Waals surface area (Å²) in [6.07, 6.45) is 1.69. The fraction of sp³-hybridized carbons (Fsp3) is 0.214. The third-order valence-electron chi connectivity index (χ3n) is 3.15. The number of hydrogen-bond acceptors (Lipinski definition) is 5. The number of fused-ring (bicyclic) bond motifs is 1. The van der Waals surface area contributed by atoms with E-state index in [4.69, 9.17) is 16.7 Å². The maximum absolute atomic E-state index is 8.93. The standard InChI is InChI=1S/C14H14ClN5O/c1-9-4-2-3-5-11(9)20-13-10(8-17-20)12(16-6-7-21)18-14(15)19-13/h2-5,8,21H,6-7H2,1H3,(H,16,18,19). The molecule has 0 bridgehead atoms. The molecule has 0 saturated heterocycles. The van der Waals surface area contributed by atoms with Crippen molar-refractivity contribution >= 4 is 28.5 Å². The van der Waals surface area contributed by atoms with Crippen molar-refractivity contribution in [3.8, 4) is 5.69 Å². The van der Waals surface area contributed by atoms with Crippen LogP contribution in [0.25, 0.3) is 16.7 Å². The Hall–Kier alpha value is -2.18. The number of nitrogens with one attached hydrogen (secondary N) is 1. The van der Waals surface area contributed by atoms with Gasteiger partial charge in [0, 0.05) is 6.54 Å². The Balaban J connectivity index is 2.18. The molecule has 21 heavy (non-hydrogen) atoms. The van der Waals surface area contributed by atoms with Crippen molar-refractivity contribution in [2.24, 2.45) is 0 Å². The number of para-hydroxylation sites is 1. The fourth-order valence-corrected chi connectivity index (χ4v) is 2.33. The summed E-state index contributed by atoms with van der Waals surface area (Å²) in [5.74, 6) is 0.568. The molecule has 1 aromatic carbocycles. The summed E-state index contributed by atoms with van der Waals surface area (Å²) in [5, 5.41) is 17.2. The van der Waals surface area contributed by atoms with E-state index in [0.717, 1.165) is 16.6 Å². The lowest BCUT2D eigenvalue weighted by Crippen LogP contribution is -2.08. The summed E-state index contributed by atoms with van der Waals surface area (Å²) in [7, 11) is 0. The average Bonchev–Trinajstić information content (AvgIpc) is 2.89. The van der Waals surface area contributed by atoms with Crippen molar-refractivity contribution in [3.05, 3.63) is 41.3 Å². The van der Waals surface area contributed by atoms with Crippen LogP contribution in [0.4, 0.5) is 5.82 Å². The van der Waals surface area contributed by atoms with Gasteiger partial charge in [-0.25, -0.2) is 4.68 Å². The molecule has 0 atom stereocenters. The molecule has 0 saturated carbocycles. The molecule has 0 unspecified atom stereocenters. The van der Waals surface area contributed by atoms with E-state index in [1.807, 2.05) is 31.2 Å². The lowest BCUT2D eigenvalue weighted by molar-refractivity contribution is 0.311. The number of aliphatic hydroxyl groups excluding tert-OH is 1. The van der Waals surface area contributed by atoms with Crippen LogP contribution >= 0.6 is 11.6 Å². The highest BCUT2D eigenvalue weighted by Gasteiger charge is 2.14. The van der Waals surface area contributed by atoms with Crippen LogP contribution < -0.4 is 5.32 Å². The van der Waals surface area contributed by atoms with E-state index in [2.05, 4.69) is 20.4 Å². The number of rotatable bonds is 4. The van der Waals surface area contributed by atoms with Crippen LogP contribution in [0.5, 0.6) is 0 Å². The van der Waals surface area contributed by atoms with Gasteiger partial charge in [0.1, 0.15) is 5.82 Å². The molecule has 0 aliphatic heterocycles. The average molecular weight is 304 g/mol. The largest absolute Gasteiger partial charge is 0.395 e. The van der Waals surface area contributed by atoms with Gasteiger partial charge in [-0.2, -0.15) is 15.1 Å². The number of anilines is 1. The Morgan fingerprint density at radius 3 is 2.86 bits per heavy atom. The van der Waals surface area contributed by atoms with E-state index >= 15 is 0 Å². The van der Waals surface area contributed by atoms with Gasteiger partial charge in [0.05, 0.1) is 23.9 Å². The van der Waals surface area contributed by atoms with Gasteiger partial charge in [0.25, 0.3) is 0 Å². The SMILES string of the molecule is Cc1ccccc1-n1ncc2c(NCCO)nc(Cl)nc21. The number of aromatic nitrogens is 4. The molecule has 0 radical (unpaired) electrons. The highest BCUT2D eigenvalue weighted by atomic mass is 35.5. The van der Waals surface area contributed by atoms with E-state index in [-0.39, 0.29) is 11.9 Å². The maximum atomic E-state index is 8.93. The van der Waals surface area contributed by atoms with Crippen molar-refractivity contribution in [3.63, 3.8) is 0 Å². The summed E-state index contributed by atoms with van der Waals surface area (Å²) in [4.78, 5) is 8.42. The van der Waals surface area contributed by atoms with Gasteiger partial charge in [-0.05, 0) is 30.2 Å². The first-order valence-electron chi connectivity index (χ1n) is 6.52. The summed E-state index contributed by atoms with van der Waals surface area (Å²) < 4.78 is 1.74. The predicted octanol–water partition coefficient (Wildman–Crippen LogP) is 2.18. The zero-order valence-electron chi connectivity index (χ0n) is 11.4. The van der Waals surface area contributed by atoms with Crippen LogP contribution in [0, 0.1) is 6.92 Å². The van der Waals surface area contributed by atoms with Gasteiger partial charge >= 0.3 is 0 Å². The summed E-state index contributed by atoms with van der Waals surface area (Å²) in [6, 6.07) is 7.90. The van der Waals surface area contributed by atoms with E-state index < -0.39 is 0 Å². The minimum atomic E-state index is 0.00897. The number of hydrogen-bond donors (Lipinski definition) is 2. The molecule has 108 valence electrons. The molecule has 2 aromatic heterocycles. The van der Waals surface area contributed by atoms with Crippen molar-refractivity contribution < 1.29 is 5.11 Å². The molecule has 6 nitrogen and oxygen atoms in total. The van der Waals surface area contributed by atoms with Crippen LogP contribution in [0.1, 0.15) is 5.56 Å². The van der Waals surface area contributed by atoms with Gasteiger partial charge < -0.3 is 10.4 Å². The van der Waals surface area contributed by atoms with Gasteiger partial charge in [0.2, 0.25) is 5.28 Å². The quantitative estimate of drug-likeness (QED) is 0.723. The molecule has 0 amide bonds. The molecule has 7 heteroatoms. The van der Waals surface area contributed by atoms with E-state index in [1.54, 1.807) is 10.9 Å². The Morgan fingerprint density at radius 1 is 1.29 bits per heavy atom. The Bertz CT molecular complexity index is 786. The van der Waals surface area contributed by atoms with Gasteiger partial charge in [-0.1, -0.05) is 18.2 Å². The first-order chi connectivity index (χ1) is 10.2. The minimum Gasteiger partial charge on any atom is -0.395 e. The molecule has 0 fully saturated rings. The Labute approximate surface area is 126 Å². The van der Waals surface area contributed by atoms with E-state index in [0.29, 0.717) is 18.0 Å². The summed E-state index contributed by atoms with van der Waals surface area (Å²) >= 11 is 5.99. The number of aliphatic hydroxyl groups is 1. The third kappa shape index (κ3) is 2.55. The second kappa shape index (κ2) is 5.67. The molecule has 3 rings (SSSR count). The van der Waals surface area contributed by atoms with Crippen LogP contribution in [0.15, 0.2) is 30.5 Å². The molecule has 2 heterocycles. The normalized spacial score (nSPS) is 11.0. The molecular formula is C14H14ClN5O. The Kier molecular flexibility index (Phi) is 3.72. The predicted molar refractivity (Wildman–Crippen MR) is 82.0 cm³/mol. The monoisotopic (exact) mass is 303 g/mol. The molecule has 2 N–H and O–H groups in total. The smallest absolute Gasteiger partial charge is 0.226 e. The number of halogens is 1. The highest BCUT2D eigenvalue weighted by molar-refractivity contribution is 6.28. The topological polar surface area (TPSA) is 75.9 Å². The molecule has 3 aromatic rings. The lowest BCUT2D eigenvalue weighted by atomic mass is 10.2. The van der Waals surface area contributed by atoms with Gasteiger partial charge in [-0.15, -0.1) is 0 Å². The first kappa shape index (κ1) is 13.8. The zero-order valence-corrected chi connectivity index (χ0v) is 12.2. The number of aryl methyl sites for hydroxylation is 1. The van der Waals surface area contributed by atoms with Gasteiger partial charge in [-0.3, -0.25) is 0 Å². The minimum absolute atomic E-state index is 0.00897. The fourth-order valence-electron chi connectivity index (χ4n) is 2.17. The number of nitrogens with zero attached hydrogens (tertiary/aromatic N) is 4. The molecule has 0 spiro atoms. The summed E-state index contributed by atoms with van der Waals surface area (Å²) in [6.45, 7) is 2.41. The first-order valence-corrected chi connectivity index (χ1v) is 6.90. The highest BCUT2D eigenvalue weighted by Crippen LogP contribution is 2.25. The second-order valence-electron chi connectivity index (χ2n) is 4.57. The molecule has 0 aliphatic carbocycles. The van der Waals surface area contributed by atoms with Gasteiger partial charge in [0.15, 0.2) is 5.65 Å². The second-order valence-corrected chi connectivity index (χ2v) is 4.91. The Morgan fingerprint density at radius 2 is 2.10 bits per heavy atom. The van der Waals surface area contributed by atoms with Crippen molar-refractivity contribution in [1.82, 2.24) is 19.7 Å². The molecule has 0 aliphatic rings. The number of benzene rings is 1. The zero-order chi connectivity index (χ0) is 14.8.